The number of rotatable bonds is 6. The van der Waals surface area contributed by atoms with Crippen molar-refractivity contribution < 1.29 is 19.2 Å². The van der Waals surface area contributed by atoms with Crippen LogP contribution in [0.4, 0.5) is 11.4 Å². The second kappa shape index (κ2) is 8.59. The first-order valence-electron chi connectivity index (χ1n) is 10.2. The van der Waals surface area contributed by atoms with Crippen LogP contribution in [0.1, 0.15) is 30.1 Å². The molecular formula is C23H23N3O5. The SMILES string of the molecule is CC(OC(=O)C1CCN(c2ccccc2[N+](=O)[O-])CC1)C(=O)c1c[nH]c2ccccc12. The van der Waals surface area contributed by atoms with Crippen LogP contribution < -0.4 is 4.90 Å². The number of nitro groups is 1. The van der Waals surface area contributed by atoms with Crippen LogP contribution in [-0.2, 0) is 9.53 Å². The molecule has 1 aliphatic heterocycles. The minimum atomic E-state index is -0.889. The van der Waals surface area contributed by atoms with E-state index in [-0.39, 0.29) is 17.4 Å². The van der Waals surface area contributed by atoms with Gasteiger partial charge in [-0.25, -0.2) is 0 Å². The number of benzene rings is 2. The van der Waals surface area contributed by atoms with Crippen LogP contribution >= 0.6 is 0 Å². The topological polar surface area (TPSA) is 106 Å². The van der Waals surface area contributed by atoms with E-state index in [1.165, 1.54) is 6.07 Å². The Balaban J connectivity index is 1.37. The number of esters is 1. The van der Waals surface area contributed by atoms with Crippen LogP contribution in [-0.4, -0.2) is 40.9 Å². The summed E-state index contributed by atoms with van der Waals surface area (Å²) in [5.41, 5.74) is 1.97. The molecule has 0 saturated carbocycles. The summed E-state index contributed by atoms with van der Waals surface area (Å²) in [7, 11) is 0. The number of nitro benzene ring substituents is 1. The Hall–Kier alpha value is -3.68. The largest absolute Gasteiger partial charge is 0.454 e. The maximum Gasteiger partial charge on any atom is 0.309 e. The minimum Gasteiger partial charge on any atom is -0.454 e. The van der Waals surface area contributed by atoms with Crippen LogP contribution in [0.5, 0.6) is 0 Å². The first-order chi connectivity index (χ1) is 15.0. The van der Waals surface area contributed by atoms with E-state index in [4.69, 9.17) is 4.74 Å². The number of hydrogen-bond donors (Lipinski definition) is 1. The van der Waals surface area contributed by atoms with E-state index in [0.717, 1.165) is 10.9 Å². The van der Waals surface area contributed by atoms with E-state index >= 15 is 0 Å². The molecule has 160 valence electrons. The number of ketones is 1. The van der Waals surface area contributed by atoms with E-state index in [2.05, 4.69) is 4.98 Å². The van der Waals surface area contributed by atoms with Crippen LogP contribution in [0.3, 0.4) is 0 Å². The van der Waals surface area contributed by atoms with Crippen molar-refractivity contribution in [1.82, 2.24) is 4.98 Å². The Kier molecular flexibility index (Phi) is 5.70. The number of H-pyrrole nitrogens is 1. The fourth-order valence-electron chi connectivity index (χ4n) is 4.06. The molecule has 8 heteroatoms. The number of nitrogens with zero attached hydrogens (tertiary/aromatic N) is 2. The van der Waals surface area contributed by atoms with Gasteiger partial charge < -0.3 is 14.6 Å². The number of nitrogens with one attached hydrogen (secondary N) is 1. The number of hydrogen-bond acceptors (Lipinski definition) is 6. The number of fused-ring (bicyclic) bond motifs is 1. The Labute approximate surface area is 179 Å². The molecule has 8 nitrogen and oxygen atoms in total. The number of carbonyl (C=O) groups excluding carboxylic acids is 2. The molecule has 0 amide bonds. The van der Waals surface area contributed by atoms with Crippen molar-refractivity contribution in [2.75, 3.05) is 18.0 Å². The smallest absolute Gasteiger partial charge is 0.309 e. The minimum absolute atomic E-state index is 0.0569. The van der Waals surface area contributed by atoms with Gasteiger partial charge in [-0.2, -0.15) is 0 Å². The van der Waals surface area contributed by atoms with Gasteiger partial charge in [-0.15, -0.1) is 0 Å². The Bertz CT molecular complexity index is 1130. The molecule has 1 N–H and O–H groups in total. The fraction of sp³-hybridized carbons (Fsp3) is 0.304. The standard InChI is InChI=1S/C23H23N3O5/c1-15(22(27)18-14-24-19-7-3-2-6-17(18)19)31-23(28)16-10-12-25(13-11-16)20-8-4-5-9-21(20)26(29)30/h2-9,14-16,24H,10-13H2,1H3. The van der Waals surface area contributed by atoms with Gasteiger partial charge in [0.05, 0.1) is 10.8 Å². The van der Waals surface area contributed by atoms with Crippen molar-refractivity contribution in [2.45, 2.75) is 25.9 Å². The fourth-order valence-corrected chi connectivity index (χ4v) is 4.06. The highest BCUT2D eigenvalue weighted by molar-refractivity contribution is 6.10. The van der Waals surface area contributed by atoms with Gasteiger partial charge in [0.1, 0.15) is 5.69 Å². The van der Waals surface area contributed by atoms with E-state index in [1.54, 1.807) is 31.3 Å². The Morgan fingerprint density at radius 3 is 2.55 bits per heavy atom. The molecule has 1 unspecified atom stereocenters. The van der Waals surface area contributed by atoms with Gasteiger partial charge in [0.15, 0.2) is 6.10 Å². The highest BCUT2D eigenvalue weighted by Gasteiger charge is 2.31. The lowest BCUT2D eigenvalue weighted by Crippen LogP contribution is -2.38. The zero-order valence-corrected chi connectivity index (χ0v) is 17.1. The molecule has 1 saturated heterocycles. The summed E-state index contributed by atoms with van der Waals surface area (Å²) >= 11 is 0. The van der Waals surface area contributed by atoms with E-state index < -0.39 is 17.0 Å². The number of Topliss-reactive ketones (excluding diaryl/α,β-unsaturated/α-hetero) is 1. The predicted octanol–water partition coefficient (Wildman–Crippen LogP) is 4.11. The lowest BCUT2D eigenvalue weighted by atomic mass is 9.96. The monoisotopic (exact) mass is 421 g/mol. The number of anilines is 1. The molecule has 1 aliphatic rings. The second-order valence-electron chi connectivity index (χ2n) is 7.70. The molecule has 2 heterocycles. The quantitative estimate of drug-likeness (QED) is 0.278. The normalized spacial score (nSPS) is 15.6. The first kappa shape index (κ1) is 20.6. The molecule has 1 fully saturated rings. The number of carbonyl (C=O) groups is 2. The highest BCUT2D eigenvalue weighted by atomic mass is 16.6. The molecule has 0 radical (unpaired) electrons. The number of para-hydroxylation sites is 3. The lowest BCUT2D eigenvalue weighted by molar-refractivity contribution is -0.384. The molecule has 4 rings (SSSR count). The maximum atomic E-state index is 12.8. The zero-order valence-electron chi connectivity index (χ0n) is 17.1. The Morgan fingerprint density at radius 2 is 1.81 bits per heavy atom. The molecule has 31 heavy (non-hydrogen) atoms. The summed E-state index contributed by atoms with van der Waals surface area (Å²) in [6.45, 7) is 2.61. The van der Waals surface area contributed by atoms with E-state index in [0.29, 0.717) is 37.2 Å². The van der Waals surface area contributed by atoms with Gasteiger partial charge in [0.25, 0.3) is 5.69 Å². The van der Waals surface area contributed by atoms with Crippen molar-refractivity contribution in [1.29, 1.82) is 0 Å². The molecule has 0 spiro atoms. The summed E-state index contributed by atoms with van der Waals surface area (Å²) < 4.78 is 5.50. The second-order valence-corrected chi connectivity index (χ2v) is 7.70. The van der Waals surface area contributed by atoms with Crippen LogP contribution in [0.15, 0.2) is 54.7 Å². The average Bonchev–Trinajstić information content (AvgIpc) is 3.22. The van der Waals surface area contributed by atoms with E-state index in [1.807, 2.05) is 29.2 Å². The summed E-state index contributed by atoms with van der Waals surface area (Å²) in [5, 5.41) is 12.1. The van der Waals surface area contributed by atoms with Crippen molar-refractivity contribution in [3.05, 3.63) is 70.4 Å². The molecule has 1 atom stereocenters. The first-order valence-corrected chi connectivity index (χ1v) is 10.2. The van der Waals surface area contributed by atoms with E-state index in [9.17, 15) is 19.7 Å². The molecular weight excluding hydrogens is 398 g/mol. The average molecular weight is 421 g/mol. The summed E-state index contributed by atoms with van der Waals surface area (Å²) in [5.74, 6) is -0.983. The third-order valence-electron chi connectivity index (χ3n) is 5.76. The van der Waals surface area contributed by atoms with Gasteiger partial charge in [0, 0.05) is 41.8 Å². The van der Waals surface area contributed by atoms with Crippen molar-refractivity contribution in [3.63, 3.8) is 0 Å². The van der Waals surface area contributed by atoms with Gasteiger partial charge in [0.2, 0.25) is 5.78 Å². The molecule has 0 bridgehead atoms. The van der Waals surface area contributed by atoms with Crippen molar-refractivity contribution in [2.24, 2.45) is 5.92 Å². The third kappa shape index (κ3) is 4.14. The third-order valence-corrected chi connectivity index (χ3v) is 5.76. The summed E-state index contributed by atoms with van der Waals surface area (Å²) in [6.07, 6.45) is 1.78. The molecule has 3 aromatic rings. The number of piperidine rings is 1. The maximum absolute atomic E-state index is 12.8. The van der Waals surface area contributed by atoms with Crippen LogP contribution in [0.25, 0.3) is 10.9 Å². The summed E-state index contributed by atoms with van der Waals surface area (Å²) in [6, 6.07) is 14.1. The van der Waals surface area contributed by atoms with Gasteiger partial charge in [-0.3, -0.25) is 19.7 Å². The molecule has 0 aliphatic carbocycles. The molecule has 2 aromatic carbocycles. The zero-order chi connectivity index (χ0) is 22.0. The van der Waals surface area contributed by atoms with Crippen LogP contribution in [0.2, 0.25) is 0 Å². The van der Waals surface area contributed by atoms with Gasteiger partial charge >= 0.3 is 5.97 Å². The predicted molar refractivity (Wildman–Crippen MR) is 116 cm³/mol. The molecule has 1 aromatic heterocycles. The van der Waals surface area contributed by atoms with Crippen LogP contribution in [0, 0.1) is 16.0 Å². The number of aromatic nitrogens is 1. The van der Waals surface area contributed by atoms with Crippen molar-refractivity contribution in [3.8, 4) is 0 Å². The highest BCUT2D eigenvalue weighted by Crippen LogP contribution is 2.31. The summed E-state index contributed by atoms with van der Waals surface area (Å²) in [4.78, 5) is 41.3. The number of aromatic amines is 1. The van der Waals surface area contributed by atoms with Crippen molar-refractivity contribution >= 4 is 34.0 Å². The Morgan fingerprint density at radius 1 is 1.13 bits per heavy atom. The van der Waals surface area contributed by atoms with Gasteiger partial charge in [-0.1, -0.05) is 30.3 Å². The number of ether oxygens (including phenoxy) is 1. The lowest BCUT2D eigenvalue weighted by Gasteiger charge is -2.32. The van der Waals surface area contributed by atoms with Gasteiger partial charge in [-0.05, 0) is 31.9 Å².